The van der Waals surface area contributed by atoms with Gasteiger partial charge in [0.1, 0.15) is 5.76 Å². The molecule has 0 radical (unpaired) electrons. The quantitative estimate of drug-likeness (QED) is 0.747. The van der Waals surface area contributed by atoms with E-state index in [2.05, 4.69) is 23.9 Å². The van der Waals surface area contributed by atoms with Crippen LogP contribution in [0, 0.1) is 18.8 Å². The first kappa shape index (κ1) is 10.7. The summed E-state index contributed by atoms with van der Waals surface area (Å²) < 4.78 is 5.08. The summed E-state index contributed by atoms with van der Waals surface area (Å²) in [5.74, 6) is 2.59. The van der Waals surface area contributed by atoms with Gasteiger partial charge in [0.25, 0.3) is 0 Å². The molecule has 0 aromatic carbocycles. The van der Waals surface area contributed by atoms with Gasteiger partial charge in [-0.2, -0.15) is 0 Å². The minimum atomic E-state index is 0.814. The molecule has 2 atom stereocenters. The van der Waals surface area contributed by atoms with E-state index >= 15 is 0 Å². The van der Waals surface area contributed by atoms with E-state index in [0.29, 0.717) is 0 Å². The van der Waals surface area contributed by atoms with Gasteiger partial charge in [0, 0.05) is 25.2 Å². The van der Waals surface area contributed by atoms with E-state index in [0.717, 1.165) is 24.1 Å². The van der Waals surface area contributed by atoms with Gasteiger partial charge in [0.15, 0.2) is 0 Å². The van der Waals surface area contributed by atoms with Crippen LogP contribution in [-0.4, -0.2) is 23.1 Å². The number of piperidine rings is 1. The SMILES string of the molecule is Cc1oncc1CN1CC(C)CC(C)C1. The normalized spacial score (nSPS) is 28.2. The molecule has 1 aromatic heterocycles. The van der Waals surface area contributed by atoms with E-state index < -0.39 is 0 Å². The van der Waals surface area contributed by atoms with Gasteiger partial charge in [-0.05, 0) is 25.2 Å². The highest BCUT2D eigenvalue weighted by molar-refractivity contribution is 5.11. The summed E-state index contributed by atoms with van der Waals surface area (Å²) in [6, 6.07) is 0. The van der Waals surface area contributed by atoms with Crippen molar-refractivity contribution < 1.29 is 4.52 Å². The van der Waals surface area contributed by atoms with E-state index in [1.54, 1.807) is 0 Å². The van der Waals surface area contributed by atoms with Crippen molar-refractivity contribution >= 4 is 0 Å². The minimum absolute atomic E-state index is 0.814. The second-order valence-corrected chi connectivity index (χ2v) is 5.05. The molecule has 0 spiro atoms. The van der Waals surface area contributed by atoms with Crippen LogP contribution >= 0.6 is 0 Å². The molecule has 0 saturated carbocycles. The summed E-state index contributed by atoms with van der Waals surface area (Å²) in [6.45, 7) is 10.1. The second-order valence-electron chi connectivity index (χ2n) is 5.05. The Morgan fingerprint density at radius 2 is 2.07 bits per heavy atom. The van der Waals surface area contributed by atoms with Crippen molar-refractivity contribution in [3.63, 3.8) is 0 Å². The fourth-order valence-corrected chi connectivity index (χ4v) is 2.63. The third kappa shape index (κ3) is 2.59. The molecule has 2 unspecified atom stereocenters. The third-order valence-corrected chi connectivity index (χ3v) is 3.19. The van der Waals surface area contributed by atoms with Crippen molar-refractivity contribution in [2.75, 3.05) is 13.1 Å². The third-order valence-electron chi connectivity index (χ3n) is 3.19. The number of aromatic nitrogens is 1. The summed E-state index contributed by atoms with van der Waals surface area (Å²) in [5.41, 5.74) is 1.23. The Balaban J connectivity index is 1.97. The Morgan fingerprint density at radius 3 is 2.60 bits per heavy atom. The number of hydrogen-bond acceptors (Lipinski definition) is 3. The summed E-state index contributed by atoms with van der Waals surface area (Å²) in [5, 5.41) is 3.82. The Hall–Kier alpha value is -0.830. The molecule has 2 heterocycles. The molecule has 1 aromatic rings. The molecular formula is C12H20N2O. The lowest BCUT2D eigenvalue weighted by atomic mass is 9.92. The Morgan fingerprint density at radius 1 is 1.40 bits per heavy atom. The highest BCUT2D eigenvalue weighted by Gasteiger charge is 2.22. The van der Waals surface area contributed by atoms with Crippen LogP contribution in [0.1, 0.15) is 31.6 Å². The lowest BCUT2D eigenvalue weighted by molar-refractivity contribution is 0.134. The van der Waals surface area contributed by atoms with Gasteiger partial charge in [-0.1, -0.05) is 19.0 Å². The fourth-order valence-electron chi connectivity index (χ4n) is 2.63. The van der Waals surface area contributed by atoms with Gasteiger partial charge >= 0.3 is 0 Å². The molecule has 15 heavy (non-hydrogen) atoms. The van der Waals surface area contributed by atoms with Crippen LogP contribution in [0.2, 0.25) is 0 Å². The number of likely N-dealkylation sites (tertiary alicyclic amines) is 1. The molecule has 1 aliphatic rings. The van der Waals surface area contributed by atoms with Gasteiger partial charge in [-0.15, -0.1) is 0 Å². The summed E-state index contributed by atoms with van der Waals surface area (Å²) in [7, 11) is 0. The van der Waals surface area contributed by atoms with Crippen molar-refractivity contribution in [3.8, 4) is 0 Å². The predicted octanol–water partition coefficient (Wildman–Crippen LogP) is 2.46. The van der Waals surface area contributed by atoms with E-state index in [1.165, 1.54) is 25.1 Å². The first-order valence-electron chi connectivity index (χ1n) is 5.77. The van der Waals surface area contributed by atoms with Gasteiger partial charge in [-0.3, -0.25) is 4.90 Å². The van der Waals surface area contributed by atoms with E-state index in [-0.39, 0.29) is 0 Å². The van der Waals surface area contributed by atoms with Crippen molar-refractivity contribution in [2.45, 2.75) is 33.7 Å². The molecule has 84 valence electrons. The number of rotatable bonds is 2. The Kier molecular flexibility index (Phi) is 3.10. The van der Waals surface area contributed by atoms with Crippen molar-refractivity contribution in [1.29, 1.82) is 0 Å². The summed E-state index contributed by atoms with van der Waals surface area (Å²) >= 11 is 0. The first-order chi connectivity index (χ1) is 7.15. The molecule has 1 saturated heterocycles. The van der Waals surface area contributed by atoms with Crippen LogP contribution in [-0.2, 0) is 6.54 Å². The number of hydrogen-bond donors (Lipinski definition) is 0. The second kappa shape index (κ2) is 4.35. The highest BCUT2D eigenvalue weighted by atomic mass is 16.5. The first-order valence-corrected chi connectivity index (χ1v) is 5.77. The topological polar surface area (TPSA) is 29.3 Å². The molecule has 0 bridgehead atoms. The average Bonchev–Trinajstić information content (AvgIpc) is 2.50. The maximum atomic E-state index is 5.08. The van der Waals surface area contributed by atoms with Gasteiger partial charge in [0.2, 0.25) is 0 Å². The smallest absolute Gasteiger partial charge is 0.138 e. The molecule has 1 aliphatic heterocycles. The average molecular weight is 208 g/mol. The molecule has 1 fully saturated rings. The van der Waals surface area contributed by atoms with E-state index in [9.17, 15) is 0 Å². The lowest BCUT2D eigenvalue weighted by Crippen LogP contribution is -2.38. The van der Waals surface area contributed by atoms with Crippen molar-refractivity contribution in [1.82, 2.24) is 10.1 Å². The maximum Gasteiger partial charge on any atom is 0.138 e. The van der Waals surface area contributed by atoms with Crippen molar-refractivity contribution in [2.24, 2.45) is 11.8 Å². The van der Waals surface area contributed by atoms with Crippen LogP contribution in [0.3, 0.4) is 0 Å². The van der Waals surface area contributed by atoms with Gasteiger partial charge in [0.05, 0.1) is 6.20 Å². The van der Waals surface area contributed by atoms with Crippen LogP contribution < -0.4 is 0 Å². The lowest BCUT2D eigenvalue weighted by Gasteiger charge is -2.34. The van der Waals surface area contributed by atoms with E-state index in [4.69, 9.17) is 4.52 Å². The maximum absolute atomic E-state index is 5.08. The van der Waals surface area contributed by atoms with Crippen LogP contribution in [0.4, 0.5) is 0 Å². The Bertz CT molecular complexity index is 311. The highest BCUT2D eigenvalue weighted by Crippen LogP contribution is 2.22. The minimum Gasteiger partial charge on any atom is -0.361 e. The summed E-state index contributed by atoms with van der Waals surface area (Å²) in [6.07, 6.45) is 3.21. The number of aryl methyl sites for hydroxylation is 1. The van der Waals surface area contributed by atoms with Crippen LogP contribution in [0.5, 0.6) is 0 Å². The van der Waals surface area contributed by atoms with Crippen molar-refractivity contribution in [3.05, 3.63) is 17.5 Å². The van der Waals surface area contributed by atoms with Gasteiger partial charge < -0.3 is 4.52 Å². The molecule has 3 heteroatoms. The molecule has 0 N–H and O–H groups in total. The van der Waals surface area contributed by atoms with E-state index in [1.807, 2.05) is 13.1 Å². The standard InChI is InChI=1S/C12H20N2O/c1-9-4-10(2)7-14(6-9)8-12-5-13-15-11(12)3/h5,9-10H,4,6-8H2,1-3H3. The Labute approximate surface area is 91.4 Å². The fraction of sp³-hybridized carbons (Fsp3) is 0.750. The molecule has 2 rings (SSSR count). The monoisotopic (exact) mass is 208 g/mol. The molecular weight excluding hydrogens is 188 g/mol. The largest absolute Gasteiger partial charge is 0.361 e. The molecule has 0 amide bonds. The van der Waals surface area contributed by atoms with Gasteiger partial charge in [-0.25, -0.2) is 0 Å². The van der Waals surface area contributed by atoms with Crippen LogP contribution in [0.15, 0.2) is 10.7 Å². The zero-order valence-electron chi connectivity index (χ0n) is 9.86. The zero-order chi connectivity index (χ0) is 10.8. The zero-order valence-corrected chi connectivity index (χ0v) is 9.86. The molecule has 0 aliphatic carbocycles. The predicted molar refractivity (Wildman–Crippen MR) is 59.5 cm³/mol. The number of nitrogens with zero attached hydrogens (tertiary/aromatic N) is 2. The summed E-state index contributed by atoms with van der Waals surface area (Å²) in [4.78, 5) is 2.51. The molecule has 3 nitrogen and oxygen atoms in total. The van der Waals surface area contributed by atoms with Crippen LogP contribution in [0.25, 0.3) is 0 Å².